The van der Waals surface area contributed by atoms with Crippen molar-refractivity contribution in [1.82, 2.24) is 0 Å². The minimum absolute atomic E-state index is 0.600. The molecule has 0 spiro atoms. The second-order valence-electron chi connectivity index (χ2n) is 4.70. The first-order valence-corrected chi connectivity index (χ1v) is 6.39. The van der Waals surface area contributed by atoms with Crippen LogP contribution in [0.5, 0.6) is 5.75 Å². The molecule has 0 aliphatic heterocycles. The van der Waals surface area contributed by atoms with Crippen molar-refractivity contribution < 1.29 is 51.3 Å². The van der Waals surface area contributed by atoms with Crippen molar-refractivity contribution in [2.45, 2.75) is 0 Å². The molecule has 0 aromatic heterocycles. The van der Waals surface area contributed by atoms with Crippen LogP contribution in [0.15, 0.2) is 18.2 Å². The molecule has 136 valence electrons. The van der Waals surface area contributed by atoms with Gasteiger partial charge in [-0.2, -0.15) is 8.78 Å². The molecular formula is C15H5F5O6. The summed E-state index contributed by atoms with van der Waals surface area (Å²) in [7, 11) is 0. The van der Waals surface area contributed by atoms with E-state index in [1.54, 1.807) is 0 Å². The van der Waals surface area contributed by atoms with Crippen LogP contribution in [0.4, 0.5) is 22.0 Å². The Hall–Kier alpha value is -3.50. The molecule has 0 saturated carbocycles. The molecule has 2 aromatic rings. The van der Waals surface area contributed by atoms with Crippen LogP contribution in [0, 0.1) is 29.1 Å². The van der Waals surface area contributed by atoms with Gasteiger partial charge in [0.2, 0.25) is 34.8 Å². The third-order valence-electron chi connectivity index (χ3n) is 3.03. The number of rotatable bonds is 4. The average molecular weight is 376 g/mol. The van der Waals surface area contributed by atoms with Crippen molar-refractivity contribution in [3.05, 3.63) is 64.0 Å². The van der Waals surface area contributed by atoms with Gasteiger partial charge in [-0.15, -0.1) is 0 Å². The van der Waals surface area contributed by atoms with E-state index in [2.05, 4.69) is 4.74 Å². The summed E-state index contributed by atoms with van der Waals surface area (Å²) >= 11 is 0. The maximum atomic E-state index is 13.5. The average Bonchev–Trinajstić information content (AvgIpc) is 2.61. The molecule has 0 atom stereocenters. The number of carboxylic acid groups (broad SMARTS) is 2. The van der Waals surface area contributed by atoms with Crippen LogP contribution in [0.25, 0.3) is 0 Å². The lowest BCUT2D eigenvalue weighted by Gasteiger charge is -2.09. The molecule has 0 saturated heterocycles. The largest absolute Gasteiger partial charge is 0.478 e. The van der Waals surface area contributed by atoms with Crippen molar-refractivity contribution in [2.75, 3.05) is 0 Å². The first-order chi connectivity index (χ1) is 12.0. The number of halogens is 5. The third-order valence-corrected chi connectivity index (χ3v) is 3.03. The maximum absolute atomic E-state index is 13.5. The summed E-state index contributed by atoms with van der Waals surface area (Å²) in [6, 6.07) is 1.88. The lowest BCUT2D eigenvalue weighted by Crippen LogP contribution is -2.15. The van der Waals surface area contributed by atoms with Crippen LogP contribution < -0.4 is 4.74 Å². The quantitative estimate of drug-likeness (QED) is 0.280. The molecule has 0 bridgehead atoms. The number of aromatic carboxylic acids is 2. The van der Waals surface area contributed by atoms with Crippen LogP contribution >= 0.6 is 0 Å². The summed E-state index contributed by atoms with van der Waals surface area (Å²) in [6.45, 7) is 0. The second-order valence-corrected chi connectivity index (χ2v) is 4.70. The highest BCUT2D eigenvalue weighted by molar-refractivity contribution is 6.00. The van der Waals surface area contributed by atoms with E-state index in [0.29, 0.717) is 18.2 Å². The van der Waals surface area contributed by atoms with Crippen LogP contribution in [0.3, 0.4) is 0 Å². The summed E-state index contributed by atoms with van der Waals surface area (Å²) in [6.07, 6.45) is 0. The first kappa shape index (κ1) is 18.8. The highest BCUT2D eigenvalue weighted by Crippen LogP contribution is 2.29. The maximum Gasteiger partial charge on any atom is 0.343 e. The van der Waals surface area contributed by atoms with Gasteiger partial charge in [-0.3, -0.25) is 0 Å². The third kappa shape index (κ3) is 3.31. The molecule has 0 aliphatic rings. The van der Waals surface area contributed by atoms with Gasteiger partial charge in [-0.25, -0.2) is 27.6 Å². The Morgan fingerprint density at radius 1 is 0.654 bits per heavy atom. The SMILES string of the molecule is O=C(O)c1cc(C(=O)O)cc(C(=O)Oc2c(F)c(F)c(F)c(F)c2F)c1. The molecule has 2 aromatic carbocycles. The van der Waals surface area contributed by atoms with Crippen molar-refractivity contribution in [1.29, 1.82) is 0 Å². The number of hydrogen-bond donors (Lipinski definition) is 2. The lowest BCUT2D eigenvalue weighted by atomic mass is 10.1. The van der Waals surface area contributed by atoms with E-state index in [9.17, 15) is 36.3 Å². The fourth-order valence-corrected chi connectivity index (χ4v) is 1.82. The van der Waals surface area contributed by atoms with Crippen LogP contribution in [0.2, 0.25) is 0 Å². The number of benzene rings is 2. The summed E-state index contributed by atoms with van der Waals surface area (Å²) < 4.78 is 70.3. The minimum Gasteiger partial charge on any atom is -0.478 e. The van der Waals surface area contributed by atoms with Crippen molar-refractivity contribution in [3.63, 3.8) is 0 Å². The fraction of sp³-hybridized carbons (Fsp3) is 0. The molecule has 2 rings (SSSR count). The van der Waals surface area contributed by atoms with E-state index in [1.807, 2.05) is 0 Å². The molecule has 6 nitrogen and oxygen atoms in total. The fourth-order valence-electron chi connectivity index (χ4n) is 1.82. The molecule has 26 heavy (non-hydrogen) atoms. The number of esters is 1. The molecule has 0 amide bonds. The first-order valence-electron chi connectivity index (χ1n) is 6.39. The molecule has 2 N–H and O–H groups in total. The minimum atomic E-state index is -2.47. The Morgan fingerprint density at radius 3 is 1.38 bits per heavy atom. The standard InChI is InChI=1S/C15H5F5O6/c16-7-8(17)10(19)12(11(20)9(7)18)26-15(25)6-2-4(13(21)22)1-5(3-6)14(23)24/h1-3H,(H,21,22)(H,23,24). The Morgan fingerprint density at radius 2 is 1.00 bits per heavy atom. The summed E-state index contributed by atoms with van der Waals surface area (Å²) in [5.74, 6) is -19.0. The van der Waals surface area contributed by atoms with E-state index < -0.39 is 69.4 Å². The van der Waals surface area contributed by atoms with Gasteiger partial charge in [0.25, 0.3) is 0 Å². The molecule has 0 heterocycles. The Bertz CT molecular complexity index is 895. The number of hydrogen-bond acceptors (Lipinski definition) is 4. The number of carbonyl (C=O) groups is 3. The van der Waals surface area contributed by atoms with Crippen LogP contribution in [-0.4, -0.2) is 28.1 Å². The van der Waals surface area contributed by atoms with Gasteiger partial charge < -0.3 is 14.9 Å². The zero-order chi connectivity index (χ0) is 19.8. The molecule has 0 fully saturated rings. The van der Waals surface area contributed by atoms with Gasteiger partial charge in [0, 0.05) is 0 Å². The predicted molar refractivity (Wildman–Crippen MR) is 71.6 cm³/mol. The van der Waals surface area contributed by atoms with Crippen molar-refractivity contribution in [3.8, 4) is 5.75 Å². The summed E-state index contributed by atoms with van der Waals surface area (Å²) in [5.41, 5.74) is -2.17. The zero-order valence-electron chi connectivity index (χ0n) is 12.1. The van der Waals surface area contributed by atoms with Crippen LogP contribution in [-0.2, 0) is 0 Å². The van der Waals surface area contributed by atoms with Gasteiger partial charge in [-0.1, -0.05) is 0 Å². The topological polar surface area (TPSA) is 101 Å². The van der Waals surface area contributed by atoms with E-state index >= 15 is 0 Å². The smallest absolute Gasteiger partial charge is 0.343 e. The highest BCUT2D eigenvalue weighted by atomic mass is 19.2. The summed E-state index contributed by atoms with van der Waals surface area (Å²) in [5, 5.41) is 17.7. The number of carbonyl (C=O) groups excluding carboxylic acids is 1. The highest BCUT2D eigenvalue weighted by Gasteiger charge is 2.29. The summed E-state index contributed by atoms with van der Waals surface area (Å²) in [4.78, 5) is 33.8. The van der Waals surface area contributed by atoms with E-state index in [4.69, 9.17) is 10.2 Å². The Balaban J connectivity index is 2.52. The van der Waals surface area contributed by atoms with Gasteiger partial charge in [0.15, 0.2) is 0 Å². The van der Waals surface area contributed by atoms with E-state index in [0.717, 1.165) is 0 Å². The molecular weight excluding hydrogens is 371 g/mol. The van der Waals surface area contributed by atoms with Crippen molar-refractivity contribution in [2.24, 2.45) is 0 Å². The van der Waals surface area contributed by atoms with E-state index in [-0.39, 0.29) is 0 Å². The van der Waals surface area contributed by atoms with Gasteiger partial charge >= 0.3 is 17.9 Å². The second kappa shape index (κ2) is 6.78. The predicted octanol–water partition coefficient (Wildman–Crippen LogP) is 3.00. The molecule has 0 radical (unpaired) electrons. The Kier molecular flexibility index (Phi) is 4.91. The van der Waals surface area contributed by atoms with Crippen LogP contribution in [0.1, 0.15) is 31.1 Å². The van der Waals surface area contributed by atoms with Gasteiger partial charge in [0.05, 0.1) is 16.7 Å². The van der Waals surface area contributed by atoms with E-state index in [1.165, 1.54) is 0 Å². The van der Waals surface area contributed by atoms with Gasteiger partial charge in [0.1, 0.15) is 0 Å². The molecule has 0 aliphatic carbocycles. The number of carboxylic acids is 2. The molecule has 11 heteroatoms. The number of ether oxygens (including phenoxy) is 1. The monoisotopic (exact) mass is 376 g/mol. The molecule has 0 unspecified atom stereocenters. The van der Waals surface area contributed by atoms with Gasteiger partial charge in [-0.05, 0) is 18.2 Å². The zero-order valence-corrected chi connectivity index (χ0v) is 12.1. The normalized spacial score (nSPS) is 10.5. The Labute approximate surface area is 140 Å². The van der Waals surface area contributed by atoms with Crippen molar-refractivity contribution >= 4 is 17.9 Å². The lowest BCUT2D eigenvalue weighted by molar-refractivity contribution is 0.0696.